The van der Waals surface area contributed by atoms with Gasteiger partial charge in [0.05, 0.1) is 0 Å². The van der Waals surface area contributed by atoms with Gasteiger partial charge in [0.15, 0.2) is 0 Å². The predicted molar refractivity (Wildman–Crippen MR) is 86.5 cm³/mol. The minimum absolute atomic E-state index is 0.728. The zero-order valence-electron chi connectivity index (χ0n) is 13.1. The van der Waals surface area contributed by atoms with Gasteiger partial charge in [-0.1, -0.05) is 42.5 Å². The van der Waals surface area contributed by atoms with Crippen LogP contribution in [0, 0.1) is 0 Å². The first-order chi connectivity index (χ1) is 9.99. The maximum atomic E-state index is 10.7. The largest absolute Gasteiger partial charge is 0.385 e. The van der Waals surface area contributed by atoms with Crippen molar-refractivity contribution < 1.29 is 9.84 Å². The Balaban J connectivity index is 2.36. The van der Waals surface area contributed by atoms with Gasteiger partial charge in [-0.05, 0) is 30.2 Å². The monoisotopic (exact) mass is 285 g/mol. The molecule has 0 fully saturated rings. The number of methoxy groups -OCH3 is 1. The molecule has 0 spiro atoms. The fourth-order valence-electron chi connectivity index (χ4n) is 2.43. The van der Waals surface area contributed by atoms with Gasteiger partial charge in [-0.2, -0.15) is 0 Å². The minimum Gasteiger partial charge on any atom is -0.385 e. The lowest BCUT2D eigenvalue weighted by Crippen LogP contribution is -2.32. The molecular formula is C18H23NO2. The normalized spacial score (nSPS) is 15.3. The van der Waals surface area contributed by atoms with E-state index in [0.717, 1.165) is 16.8 Å². The van der Waals surface area contributed by atoms with Crippen molar-refractivity contribution in [2.75, 3.05) is 26.1 Å². The maximum absolute atomic E-state index is 10.7. The van der Waals surface area contributed by atoms with Crippen LogP contribution in [0.4, 0.5) is 5.69 Å². The van der Waals surface area contributed by atoms with Crippen LogP contribution in [-0.2, 0) is 10.3 Å². The molecule has 2 aromatic rings. The van der Waals surface area contributed by atoms with Crippen LogP contribution in [-0.4, -0.2) is 26.3 Å². The quantitative estimate of drug-likeness (QED) is 0.914. The summed E-state index contributed by atoms with van der Waals surface area (Å²) < 4.78 is 5.68. The van der Waals surface area contributed by atoms with E-state index in [2.05, 4.69) is 0 Å². The number of aliphatic hydroxyl groups is 1. The molecule has 0 amide bonds. The molecule has 0 aromatic heterocycles. The van der Waals surface area contributed by atoms with Gasteiger partial charge in [-0.3, -0.25) is 0 Å². The molecule has 2 rings (SSSR count). The molecule has 1 N–H and O–H groups in total. The number of anilines is 1. The van der Waals surface area contributed by atoms with Crippen molar-refractivity contribution in [2.45, 2.75) is 18.6 Å². The van der Waals surface area contributed by atoms with Gasteiger partial charge >= 0.3 is 0 Å². The number of ether oxygens (including phenoxy) is 1. The van der Waals surface area contributed by atoms with Gasteiger partial charge in [0, 0.05) is 26.9 Å². The Morgan fingerprint density at radius 2 is 1.57 bits per heavy atom. The third-order valence-corrected chi connectivity index (χ3v) is 4.02. The van der Waals surface area contributed by atoms with Crippen LogP contribution < -0.4 is 4.90 Å². The van der Waals surface area contributed by atoms with Crippen LogP contribution in [0.2, 0.25) is 0 Å². The second-order valence-electron chi connectivity index (χ2n) is 5.57. The van der Waals surface area contributed by atoms with E-state index in [1.165, 1.54) is 0 Å². The number of nitrogens with zero attached hydrogens (tertiary/aromatic N) is 1. The maximum Gasteiger partial charge on any atom is 0.120 e. The fraction of sp³-hybridized carbons (Fsp3) is 0.333. The number of hydrogen-bond donors (Lipinski definition) is 1. The van der Waals surface area contributed by atoms with Crippen LogP contribution in [0.15, 0.2) is 54.6 Å². The first kappa shape index (κ1) is 15.5. The summed E-state index contributed by atoms with van der Waals surface area (Å²) in [7, 11) is 5.64. The van der Waals surface area contributed by atoms with Gasteiger partial charge in [0.25, 0.3) is 0 Å². The molecule has 2 unspecified atom stereocenters. The summed E-state index contributed by atoms with van der Waals surface area (Å²) in [5.74, 6) is 0. The summed E-state index contributed by atoms with van der Waals surface area (Å²) in [4.78, 5) is 2.04. The first-order valence-corrected chi connectivity index (χ1v) is 7.05. The summed E-state index contributed by atoms with van der Waals surface area (Å²) in [6, 6.07) is 17.7. The summed E-state index contributed by atoms with van der Waals surface area (Å²) in [5.41, 5.74) is 2.13. The SMILES string of the molecule is COC(C)(c1ccc(N(C)C)cc1)C(O)c1ccccc1. The molecule has 21 heavy (non-hydrogen) atoms. The molecule has 0 heterocycles. The summed E-state index contributed by atoms with van der Waals surface area (Å²) in [6.07, 6.45) is -0.728. The molecule has 3 nitrogen and oxygen atoms in total. The first-order valence-electron chi connectivity index (χ1n) is 7.05. The van der Waals surface area contributed by atoms with Gasteiger partial charge in [-0.25, -0.2) is 0 Å². The van der Waals surface area contributed by atoms with E-state index in [9.17, 15) is 5.11 Å². The molecule has 0 radical (unpaired) electrons. The number of benzene rings is 2. The van der Waals surface area contributed by atoms with E-state index in [1.807, 2.05) is 80.5 Å². The second-order valence-corrected chi connectivity index (χ2v) is 5.57. The van der Waals surface area contributed by atoms with Crippen LogP contribution in [0.1, 0.15) is 24.2 Å². The van der Waals surface area contributed by atoms with Gasteiger partial charge in [-0.15, -0.1) is 0 Å². The van der Waals surface area contributed by atoms with Crippen molar-refractivity contribution in [3.8, 4) is 0 Å². The second kappa shape index (κ2) is 6.29. The third kappa shape index (κ3) is 3.09. The molecule has 2 aromatic carbocycles. The molecule has 3 heteroatoms. The fourth-order valence-corrected chi connectivity index (χ4v) is 2.43. The minimum atomic E-state index is -0.786. The van der Waals surface area contributed by atoms with Crippen molar-refractivity contribution in [1.82, 2.24) is 0 Å². The Hall–Kier alpha value is -1.84. The van der Waals surface area contributed by atoms with E-state index in [-0.39, 0.29) is 0 Å². The smallest absolute Gasteiger partial charge is 0.120 e. The standard InChI is InChI=1S/C18H23NO2/c1-18(21-4,17(20)14-8-6-5-7-9-14)15-10-12-16(13-11-15)19(2)3/h5-13,17,20H,1-4H3. The van der Waals surface area contributed by atoms with Gasteiger partial charge < -0.3 is 14.7 Å². The highest BCUT2D eigenvalue weighted by Crippen LogP contribution is 2.38. The van der Waals surface area contributed by atoms with Crippen molar-refractivity contribution in [1.29, 1.82) is 0 Å². The molecule has 112 valence electrons. The molecule has 0 aliphatic carbocycles. The Morgan fingerprint density at radius 3 is 2.05 bits per heavy atom. The van der Waals surface area contributed by atoms with Crippen molar-refractivity contribution >= 4 is 5.69 Å². The van der Waals surface area contributed by atoms with Gasteiger partial charge in [0.2, 0.25) is 0 Å². The van der Waals surface area contributed by atoms with E-state index >= 15 is 0 Å². The molecule has 0 aliphatic rings. The molecule has 0 saturated heterocycles. The molecule has 0 saturated carbocycles. The molecular weight excluding hydrogens is 262 g/mol. The average molecular weight is 285 g/mol. The Kier molecular flexibility index (Phi) is 4.66. The number of rotatable bonds is 5. The summed E-state index contributed by atoms with van der Waals surface area (Å²) >= 11 is 0. The lowest BCUT2D eigenvalue weighted by Gasteiger charge is -2.34. The highest BCUT2D eigenvalue weighted by atomic mass is 16.5. The topological polar surface area (TPSA) is 32.7 Å². The van der Waals surface area contributed by atoms with E-state index in [4.69, 9.17) is 4.74 Å². The average Bonchev–Trinajstić information content (AvgIpc) is 2.54. The highest BCUT2D eigenvalue weighted by molar-refractivity contribution is 5.47. The molecule has 0 aliphatic heterocycles. The van der Waals surface area contributed by atoms with Crippen molar-refractivity contribution in [3.63, 3.8) is 0 Å². The van der Waals surface area contributed by atoms with Gasteiger partial charge in [0.1, 0.15) is 11.7 Å². The Labute approximate surface area is 126 Å². The lowest BCUT2D eigenvalue weighted by atomic mass is 9.86. The number of hydrogen-bond acceptors (Lipinski definition) is 3. The van der Waals surface area contributed by atoms with Crippen molar-refractivity contribution in [3.05, 3.63) is 65.7 Å². The lowest BCUT2D eigenvalue weighted by molar-refractivity contribution is -0.0982. The van der Waals surface area contributed by atoms with Crippen LogP contribution >= 0.6 is 0 Å². The zero-order chi connectivity index (χ0) is 15.5. The van der Waals surface area contributed by atoms with E-state index in [1.54, 1.807) is 7.11 Å². The van der Waals surface area contributed by atoms with E-state index in [0.29, 0.717) is 0 Å². The molecule has 2 atom stereocenters. The van der Waals surface area contributed by atoms with Crippen LogP contribution in [0.5, 0.6) is 0 Å². The zero-order valence-corrected chi connectivity index (χ0v) is 13.1. The van der Waals surface area contributed by atoms with Crippen molar-refractivity contribution in [2.24, 2.45) is 0 Å². The third-order valence-electron chi connectivity index (χ3n) is 4.02. The summed E-state index contributed by atoms with van der Waals surface area (Å²) in [5, 5.41) is 10.7. The highest BCUT2D eigenvalue weighted by Gasteiger charge is 2.36. The Morgan fingerprint density at radius 1 is 1.00 bits per heavy atom. The summed E-state index contributed by atoms with van der Waals surface area (Å²) in [6.45, 7) is 1.91. The number of aliphatic hydroxyl groups excluding tert-OH is 1. The predicted octanol–water partition coefficient (Wildman–Crippen LogP) is 3.35. The van der Waals surface area contributed by atoms with Crippen LogP contribution in [0.25, 0.3) is 0 Å². The van der Waals surface area contributed by atoms with E-state index < -0.39 is 11.7 Å². The Bertz CT molecular complexity index is 566. The van der Waals surface area contributed by atoms with Crippen LogP contribution in [0.3, 0.4) is 0 Å². The molecule has 0 bridgehead atoms.